The molecule has 0 aliphatic carbocycles. The molecule has 1 N–H and O–H groups in total. The molecule has 0 radical (unpaired) electrons. The van der Waals surface area contributed by atoms with Crippen molar-refractivity contribution in [2.75, 3.05) is 13.1 Å². The van der Waals surface area contributed by atoms with Crippen LogP contribution in [0.3, 0.4) is 0 Å². The monoisotopic (exact) mass is 287 g/mol. The Labute approximate surface area is 122 Å². The van der Waals surface area contributed by atoms with Crippen LogP contribution in [0.5, 0.6) is 0 Å². The number of carbonyl (C=O) groups excluding carboxylic acids is 1. The van der Waals surface area contributed by atoms with Crippen LogP contribution in [0, 0.1) is 6.92 Å². The highest BCUT2D eigenvalue weighted by Gasteiger charge is 2.17. The highest BCUT2D eigenvalue weighted by molar-refractivity contribution is 5.96. The fourth-order valence-electron chi connectivity index (χ4n) is 2.13. The Kier molecular flexibility index (Phi) is 4.37. The standard InChI is InChI=1S/C15H17N3O3/c1-3-17(10-14(19)20)15(21)12-5-6-13(11(2)9-12)18-8-4-7-16-18/h4-9H,3,10H2,1-2H3,(H,19,20). The highest BCUT2D eigenvalue weighted by atomic mass is 16.4. The minimum Gasteiger partial charge on any atom is -0.480 e. The summed E-state index contributed by atoms with van der Waals surface area (Å²) in [4.78, 5) is 24.4. The molecule has 0 atom stereocenters. The number of carbonyl (C=O) groups is 2. The summed E-state index contributed by atoms with van der Waals surface area (Å²) in [6, 6.07) is 7.08. The molecule has 21 heavy (non-hydrogen) atoms. The Hall–Kier alpha value is -2.63. The first-order chi connectivity index (χ1) is 10.0. The molecule has 1 aromatic carbocycles. The molecule has 2 aromatic rings. The quantitative estimate of drug-likeness (QED) is 0.908. The van der Waals surface area contributed by atoms with E-state index in [0.717, 1.165) is 11.3 Å². The molecule has 1 aromatic heterocycles. The van der Waals surface area contributed by atoms with E-state index in [2.05, 4.69) is 5.10 Å². The SMILES string of the molecule is CCN(CC(=O)O)C(=O)c1ccc(-n2cccn2)c(C)c1. The van der Waals surface area contributed by atoms with Crippen molar-refractivity contribution >= 4 is 11.9 Å². The van der Waals surface area contributed by atoms with Gasteiger partial charge in [0.15, 0.2) is 0 Å². The van der Waals surface area contributed by atoms with E-state index in [4.69, 9.17) is 5.11 Å². The molecule has 2 rings (SSSR count). The Morgan fingerprint density at radius 3 is 2.67 bits per heavy atom. The van der Waals surface area contributed by atoms with E-state index in [-0.39, 0.29) is 12.5 Å². The Morgan fingerprint density at radius 1 is 1.38 bits per heavy atom. The molecule has 0 unspecified atom stereocenters. The van der Waals surface area contributed by atoms with E-state index in [0.29, 0.717) is 12.1 Å². The zero-order valence-electron chi connectivity index (χ0n) is 12.0. The average molecular weight is 287 g/mol. The van der Waals surface area contributed by atoms with E-state index in [1.165, 1.54) is 4.90 Å². The van der Waals surface area contributed by atoms with E-state index in [9.17, 15) is 9.59 Å². The molecule has 0 saturated heterocycles. The number of aromatic nitrogens is 2. The van der Waals surface area contributed by atoms with E-state index in [1.807, 2.05) is 25.3 Å². The van der Waals surface area contributed by atoms with Crippen LogP contribution in [-0.4, -0.2) is 44.8 Å². The minimum atomic E-state index is -1.02. The summed E-state index contributed by atoms with van der Waals surface area (Å²) < 4.78 is 1.72. The molecular weight excluding hydrogens is 270 g/mol. The number of carboxylic acids is 1. The molecule has 0 aliphatic rings. The topological polar surface area (TPSA) is 75.4 Å². The van der Waals surface area contributed by atoms with E-state index >= 15 is 0 Å². The highest BCUT2D eigenvalue weighted by Crippen LogP contribution is 2.16. The van der Waals surface area contributed by atoms with Gasteiger partial charge in [0.2, 0.25) is 0 Å². The molecule has 110 valence electrons. The van der Waals surface area contributed by atoms with Crippen LogP contribution in [0.25, 0.3) is 5.69 Å². The second-order valence-corrected chi connectivity index (χ2v) is 4.66. The van der Waals surface area contributed by atoms with Gasteiger partial charge < -0.3 is 10.0 Å². The summed E-state index contributed by atoms with van der Waals surface area (Å²) in [6.45, 7) is 3.70. The number of benzene rings is 1. The molecule has 6 nitrogen and oxygen atoms in total. The van der Waals surface area contributed by atoms with Gasteiger partial charge in [0.25, 0.3) is 5.91 Å². The molecule has 6 heteroatoms. The molecule has 1 heterocycles. The third-order valence-corrected chi connectivity index (χ3v) is 3.19. The lowest BCUT2D eigenvalue weighted by Crippen LogP contribution is -2.35. The molecular formula is C15H17N3O3. The maximum absolute atomic E-state index is 12.3. The molecule has 0 spiro atoms. The second-order valence-electron chi connectivity index (χ2n) is 4.66. The summed E-state index contributed by atoms with van der Waals surface area (Å²) in [7, 11) is 0. The summed E-state index contributed by atoms with van der Waals surface area (Å²) in [6.07, 6.45) is 3.51. The van der Waals surface area contributed by atoms with Gasteiger partial charge in [0, 0.05) is 24.5 Å². The summed E-state index contributed by atoms with van der Waals surface area (Å²) in [5.41, 5.74) is 2.26. The van der Waals surface area contributed by atoms with Crippen molar-refractivity contribution in [2.45, 2.75) is 13.8 Å². The number of aliphatic carboxylic acids is 1. The Bertz CT molecular complexity index is 650. The van der Waals surface area contributed by atoms with E-state index < -0.39 is 5.97 Å². The maximum atomic E-state index is 12.3. The number of hydrogen-bond acceptors (Lipinski definition) is 3. The molecule has 0 aliphatic heterocycles. The molecule has 1 amide bonds. The zero-order chi connectivity index (χ0) is 15.4. The number of nitrogens with zero attached hydrogens (tertiary/aromatic N) is 3. The Morgan fingerprint density at radius 2 is 2.14 bits per heavy atom. The third-order valence-electron chi connectivity index (χ3n) is 3.19. The lowest BCUT2D eigenvalue weighted by molar-refractivity contribution is -0.137. The van der Waals surface area contributed by atoms with Gasteiger partial charge in [0.05, 0.1) is 5.69 Å². The van der Waals surface area contributed by atoms with Gasteiger partial charge in [-0.15, -0.1) is 0 Å². The predicted molar refractivity (Wildman–Crippen MR) is 77.5 cm³/mol. The first kappa shape index (κ1) is 14.8. The van der Waals surface area contributed by atoms with Crippen LogP contribution in [-0.2, 0) is 4.79 Å². The van der Waals surface area contributed by atoms with Gasteiger partial charge in [-0.05, 0) is 43.7 Å². The van der Waals surface area contributed by atoms with Gasteiger partial charge in [-0.1, -0.05) is 0 Å². The van der Waals surface area contributed by atoms with Crippen LogP contribution in [0.15, 0.2) is 36.7 Å². The summed E-state index contributed by atoms with van der Waals surface area (Å²) >= 11 is 0. The van der Waals surface area contributed by atoms with Gasteiger partial charge in [0.1, 0.15) is 6.54 Å². The normalized spacial score (nSPS) is 10.4. The fourth-order valence-corrected chi connectivity index (χ4v) is 2.13. The van der Waals surface area contributed by atoms with Crippen molar-refractivity contribution in [1.29, 1.82) is 0 Å². The first-order valence-electron chi connectivity index (χ1n) is 6.64. The number of amides is 1. The number of aryl methyl sites for hydroxylation is 1. The average Bonchev–Trinajstić information content (AvgIpc) is 2.97. The minimum absolute atomic E-state index is 0.282. The predicted octanol–water partition coefficient (Wildman–Crippen LogP) is 1.73. The number of carboxylic acid groups (broad SMARTS) is 1. The van der Waals surface area contributed by atoms with Crippen LogP contribution < -0.4 is 0 Å². The van der Waals surface area contributed by atoms with Gasteiger partial charge in [-0.3, -0.25) is 9.59 Å². The van der Waals surface area contributed by atoms with Gasteiger partial charge in [-0.25, -0.2) is 4.68 Å². The third kappa shape index (κ3) is 3.28. The summed E-state index contributed by atoms with van der Waals surface area (Å²) in [5.74, 6) is -1.30. The zero-order valence-corrected chi connectivity index (χ0v) is 12.0. The molecule has 0 fully saturated rings. The van der Waals surface area contributed by atoms with Crippen molar-refractivity contribution in [3.05, 3.63) is 47.8 Å². The number of hydrogen-bond donors (Lipinski definition) is 1. The largest absolute Gasteiger partial charge is 0.480 e. The van der Waals surface area contributed by atoms with Crippen molar-refractivity contribution in [3.8, 4) is 5.69 Å². The molecule has 0 bridgehead atoms. The Balaban J connectivity index is 2.27. The second kappa shape index (κ2) is 6.21. The lowest BCUT2D eigenvalue weighted by Gasteiger charge is -2.19. The van der Waals surface area contributed by atoms with Crippen LogP contribution in [0.2, 0.25) is 0 Å². The number of rotatable bonds is 5. The van der Waals surface area contributed by atoms with E-state index in [1.54, 1.807) is 29.9 Å². The lowest BCUT2D eigenvalue weighted by atomic mass is 10.1. The van der Waals surface area contributed by atoms with Crippen molar-refractivity contribution in [1.82, 2.24) is 14.7 Å². The molecule has 0 saturated carbocycles. The van der Waals surface area contributed by atoms with Crippen molar-refractivity contribution in [3.63, 3.8) is 0 Å². The van der Waals surface area contributed by atoms with Gasteiger partial charge >= 0.3 is 5.97 Å². The van der Waals surface area contributed by atoms with Crippen LogP contribution >= 0.6 is 0 Å². The van der Waals surface area contributed by atoms with Crippen LogP contribution in [0.4, 0.5) is 0 Å². The van der Waals surface area contributed by atoms with Crippen molar-refractivity contribution < 1.29 is 14.7 Å². The van der Waals surface area contributed by atoms with Crippen LogP contribution in [0.1, 0.15) is 22.8 Å². The smallest absolute Gasteiger partial charge is 0.323 e. The number of likely N-dealkylation sites (N-methyl/N-ethyl adjacent to an activating group) is 1. The van der Waals surface area contributed by atoms with Gasteiger partial charge in [-0.2, -0.15) is 5.10 Å². The van der Waals surface area contributed by atoms with Crippen molar-refractivity contribution in [2.24, 2.45) is 0 Å². The summed E-state index contributed by atoms with van der Waals surface area (Å²) in [5, 5.41) is 13.0. The maximum Gasteiger partial charge on any atom is 0.323 e. The first-order valence-corrected chi connectivity index (χ1v) is 6.64. The fraction of sp³-hybridized carbons (Fsp3) is 0.267.